The van der Waals surface area contributed by atoms with E-state index in [0.717, 1.165) is 23.8 Å². The summed E-state index contributed by atoms with van der Waals surface area (Å²) in [7, 11) is 0. The van der Waals surface area contributed by atoms with Gasteiger partial charge in [-0.2, -0.15) is 0 Å². The number of benzene rings is 3. The third-order valence-corrected chi connectivity index (χ3v) is 5.06. The Morgan fingerprint density at radius 3 is 2.34 bits per heavy atom. The molecule has 0 aromatic heterocycles. The maximum atomic E-state index is 14.2. The third-order valence-electron chi connectivity index (χ3n) is 5.06. The summed E-state index contributed by atoms with van der Waals surface area (Å²) in [5.74, 6) is -2.33. The number of nitrogens with zero attached hydrogens (tertiary/aromatic N) is 1. The number of carbonyl (C=O) groups excluding carboxylic acids is 3. The minimum absolute atomic E-state index is 0.00830. The summed E-state index contributed by atoms with van der Waals surface area (Å²) >= 11 is 0. The smallest absolute Gasteiger partial charge is 0.408 e. The van der Waals surface area contributed by atoms with Crippen molar-refractivity contribution in [1.29, 1.82) is 0 Å². The molecule has 2 N–H and O–H groups in total. The molecule has 0 saturated carbocycles. The lowest BCUT2D eigenvalue weighted by Crippen LogP contribution is -2.43. The van der Waals surface area contributed by atoms with Crippen LogP contribution in [0, 0.1) is 15.9 Å². The van der Waals surface area contributed by atoms with Gasteiger partial charge < -0.3 is 15.4 Å². The number of alkyl carbamates (subject to hydrolysis) is 1. The number of hydrogen-bond donors (Lipinski definition) is 2. The molecular formula is C25H22FN3O6. The maximum Gasteiger partial charge on any atom is 0.408 e. The first-order valence-electron chi connectivity index (χ1n) is 10.7. The number of carbonyl (C=O) groups is 3. The van der Waals surface area contributed by atoms with Crippen molar-refractivity contribution in [1.82, 2.24) is 5.32 Å². The number of anilines is 1. The second-order valence-corrected chi connectivity index (χ2v) is 7.45. The van der Waals surface area contributed by atoms with E-state index in [1.807, 2.05) is 6.07 Å². The minimum atomic E-state index is -1.02. The van der Waals surface area contributed by atoms with Crippen LogP contribution < -0.4 is 10.6 Å². The average Bonchev–Trinajstić information content (AvgIpc) is 2.86. The van der Waals surface area contributed by atoms with Gasteiger partial charge >= 0.3 is 6.09 Å². The van der Waals surface area contributed by atoms with Gasteiger partial charge in [0.2, 0.25) is 5.91 Å². The highest BCUT2D eigenvalue weighted by Gasteiger charge is 2.25. The number of ketones is 1. The van der Waals surface area contributed by atoms with Crippen LogP contribution in [0.4, 0.5) is 20.6 Å². The number of rotatable bonds is 9. The molecule has 35 heavy (non-hydrogen) atoms. The molecule has 3 rings (SSSR count). The highest BCUT2D eigenvalue weighted by atomic mass is 19.1. The van der Waals surface area contributed by atoms with Gasteiger partial charge in [0.05, 0.1) is 21.7 Å². The van der Waals surface area contributed by atoms with Crippen molar-refractivity contribution in [2.75, 3.05) is 5.32 Å². The first-order valence-corrected chi connectivity index (χ1v) is 10.7. The summed E-state index contributed by atoms with van der Waals surface area (Å²) in [6.45, 7) is 1.66. The fourth-order valence-electron chi connectivity index (χ4n) is 3.21. The van der Waals surface area contributed by atoms with Crippen molar-refractivity contribution < 1.29 is 28.4 Å². The van der Waals surface area contributed by atoms with E-state index in [2.05, 4.69) is 10.6 Å². The molecule has 3 aromatic carbocycles. The van der Waals surface area contributed by atoms with Gasteiger partial charge in [-0.05, 0) is 30.2 Å². The number of nitro benzene ring substituents is 1. The summed E-state index contributed by atoms with van der Waals surface area (Å²) in [6, 6.07) is 16.4. The van der Waals surface area contributed by atoms with Crippen LogP contribution in [0.1, 0.15) is 34.8 Å². The summed E-state index contributed by atoms with van der Waals surface area (Å²) in [5, 5.41) is 16.2. The largest absolute Gasteiger partial charge is 0.445 e. The van der Waals surface area contributed by atoms with Crippen LogP contribution >= 0.6 is 0 Å². The van der Waals surface area contributed by atoms with Gasteiger partial charge in [0.15, 0.2) is 5.78 Å². The summed E-state index contributed by atoms with van der Waals surface area (Å²) in [6.07, 6.45) is -0.627. The molecule has 180 valence electrons. The topological polar surface area (TPSA) is 128 Å². The zero-order valence-corrected chi connectivity index (χ0v) is 18.7. The minimum Gasteiger partial charge on any atom is -0.445 e. The Morgan fingerprint density at radius 2 is 1.69 bits per heavy atom. The predicted octanol–water partition coefficient (Wildman–Crippen LogP) is 4.61. The van der Waals surface area contributed by atoms with Crippen LogP contribution in [-0.2, 0) is 16.1 Å². The van der Waals surface area contributed by atoms with E-state index in [1.54, 1.807) is 31.2 Å². The van der Waals surface area contributed by atoms with Crippen molar-refractivity contribution in [3.8, 4) is 0 Å². The molecule has 3 aromatic rings. The second-order valence-electron chi connectivity index (χ2n) is 7.45. The SMILES string of the molecule is CCC(NC(=O)OCc1ccccc1)C(=O)Nc1ccc([N+](=O)[O-])cc1C(=O)c1ccccc1F. The van der Waals surface area contributed by atoms with Gasteiger partial charge in [-0.3, -0.25) is 19.7 Å². The molecule has 2 amide bonds. The number of amides is 2. The fraction of sp³-hybridized carbons (Fsp3) is 0.160. The zero-order chi connectivity index (χ0) is 25.4. The van der Waals surface area contributed by atoms with Crippen LogP contribution in [0.2, 0.25) is 0 Å². The Balaban J connectivity index is 1.77. The molecule has 0 heterocycles. The molecule has 1 atom stereocenters. The first-order chi connectivity index (χ1) is 16.8. The zero-order valence-electron chi connectivity index (χ0n) is 18.7. The van der Waals surface area contributed by atoms with E-state index in [9.17, 15) is 28.9 Å². The van der Waals surface area contributed by atoms with E-state index in [1.165, 1.54) is 24.3 Å². The van der Waals surface area contributed by atoms with Gasteiger partial charge in [-0.15, -0.1) is 0 Å². The molecule has 9 nitrogen and oxygen atoms in total. The molecular weight excluding hydrogens is 457 g/mol. The number of hydrogen-bond acceptors (Lipinski definition) is 6. The Morgan fingerprint density at radius 1 is 1.00 bits per heavy atom. The maximum absolute atomic E-state index is 14.2. The number of ether oxygens (including phenoxy) is 1. The van der Waals surface area contributed by atoms with Gasteiger partial charge in [0.1, 0.15) is 18.5 Å². The highest BCUT2D eigenvalue weighted by molar-refractivity contribution is 6.14. The molecule has 0 bridgehead atoms. The third kappa shape index (κ3) is 6.47. The standard InChI is InChI=1S/C25H22FN3O6/c1-2-21(28-25(32)35-15-16-8-4-3-5-9-16)24(31)27-22-13-12-17(29(33)34)14-19(22)23(30)18-10-6-7-11-20(18)26/h3-14,21H,2,15H2,1H3,(H,27,31)(H,28,32). The van der Waals surface area contributed by atoms with Crippen molar-refractivity contribution in [3.05, 3.63) is 105 Å². The van der Waals surface area contributed by atoms with Crippen molar-refractivity contribution in [3.63, 3.8) is 0 Å². The molecule has 0 aliphatic carbocycles. The van der Waals surface area contributed by atoms with E-state index in [0.29, 0.717) is 0 Å². The lowest BCUT2D eigenvalue weighted by Gasteiger charge is -2.18. The summed E-state index contributed by atoms with van der Waals surface area (Å²) < 4.78 is 19.3. The lowest BCUT2D eigenvalue weighted by atomic mass is 10.00. The molecule has 0 aliphatic rings. The van der Waals surface area contributed by atoms with Crippen LogP contribution in [0.3, 0.4) is 0 Å². The van der Waals surface area contributed by atoms with Crippen LogP contribution in [0.15, 0.2) is 72.8 Å². The van der Waals surface area contributed by atoms with E-state index in [4.69, 9.17) is 4.74 Å². The lowest BCUT2D eigenvalue weighted by molar-refractivity contribution is -0.384. The molecule has 1 unspecified atom stereocenters. The number of halogens is 1. The van der Waals surface area contributed by atoms with Gasteiger partial charge in [0.25, 0.3) is 5.69 Å². The monoisotopic (exact) mass is 479 g/mol. The average molecular weight is 479 g/mol. The quantitative estimate of drug-likeness (QED) is 0.262. The van der Waals surface area contributed by atoms with Crippen molar-refractivity contribution >= 4 is 29.2 Å². The van der Waals surface area contributed by atoms with Crippen LogP contribution in [0.5, 0.6) is 0 Å². The van der Waals surface area contributed by atoms with Gasteiger partial charge in [-0.25, -0.2) is 9.18 Å². The molecule has 0 aliphatic heterocycles. The van der Waals surface area contributed by atoms with Gasteiger partial charge in [0, 0.05) is 12.1 Å². The number of nitro groups is 1. The van der Waals surface area contributed by atoms with Crippen LogP contribution in [-0.4, -0.2) is 28.7 Å². The molecule has 0 spiro atoms. The summed E-state index contributed by atoms with van der Waals surface area (Å²) in [4.78, 5) is 48.5. The van der Waals surface area contributed by atoms with E-state index in [-0.39, 0.29) is 29.8 Å². The molecule has 0 radical (unpaired) electrons. The Bertz CT molecular complexity index is 1250. The molecule has 10 heteroatoms. The normalized spacial score (nSPS) is 11.3. The van der Waals surface area contributed by atoms with Crippen molar-refractivity contribution in [2.24, 2.45) is 0 Å². The first kappa shape index (κ1) is 25.0. The van der Waals surface area contributed by atoms with Crippen LogP contribution in [0.25, 0.3) is 0 Å². The number of nitrogens with one attached hydrogen (secondary N) is 2. The van der Waals surface area contributed by atoms with E-state index < -0.39 is 40.3 Å². The van der Waals surface area contributed by atoms with E-state index >= 15 is 0 Å². The Hall–Kier alpha value is -4.60. The molecule has 0 fully saturated rings. The van der Waals surface area contributed by atoms with Gasteiger partial charge in [-0.1, -0.05) is 49.4 Å². The predicted molar refractivity (Wildman–Crippen MR) is 125 cm³/mol. The number of non-ortho nitro benzene ring substituents is 1. The summed E-state index contributed by atoms with van der Waals surface area (Å²) in [5.41, 5.74) is -0.274. The Labute approximate surface area is 200 Å². The second kappa shape index (κ2) is 11.5. The fourth-order valence-corrected chi connectivity index (χ4v) is 3.21. The highest BCUT2D eigenvalue weighted by Crippen LogP contribution is 2.26. The Kier molecular flexibility index (Phi) is 8.23. The molecule has 0 saturated heterocycles. The van der Waals surface area contributed by atoms with Crippen molar-refractivity contribution in [2.45, 2.75) is 26.0 Å².